The van der Waals surface area contributed by atoms with Crippen LogP contribution in [-0.4, -0.2) is 4.98 Å². The van der Waals surface area contributed by atoms with Gasteiger partial charge in [0.15, 0.2) is 5.58 Å². The quantitative estimate of drug-likeness (QED) is 0.177. The number of rotatable bonds is 6. The molecule has 3 heteroatoms. The summed E-state index contributed by atoms with van der Waals surface area (Å²) < 4.78 is 6.81. The van der Waals surface area contributed by atoms with Crippen LogP contribution in [0.2, 0.25) is 0 Å². The van der Waals surface area contributed by atoms with E-state index in [0.717, 1.165) is 72.0 Å². The lowest BCUT2D eigenvalue weighted by Gasteiger charge is -2.28. The number of hydrogen-bond acceptors (Lipinski definition) is 3. The Balaban J connectivity index is 1.28. The summed E-state index contributed by atoms with van der Waals surface area (Å²) in [6.45, 7) is 0. The van der Waals surface area contributed by atoms with Crippen molar-refractivity contribution in [2.24, 2.45) is 0 Å². The molecule has 0 bridgehead atoms. The van der Waals surface area contributed by atoms with Gasteiger partial charge in [-0.3, -0.25) is 4.98 Å². The molecule has 10 aromatic rings. The molecule has 2 heterocycles. The Labute approximate surface area is 301 Å². The zero-order valence-corrected chi connectivity index (χ0v) is 28.3. The fourth-order valence-corrected chi connectivity index (χ4v) is 7.61. The monoisotopic (exact) mass is 664 g/mol. The van der Waals surface area contributed by atoms with E-state index < -0.39 is 0 Å². The van der Waals surface area contributed by atoms with Crippen molar-refractivity contribution in [1.82, 2.24) is 4.98 Å². The van der Waals surface area contributed by atoms with E-state index in [4.69, 9.17) is 4.42 Å². The first-order valence-electron chi connectivity index (χ1n) is 17.6. The lowest BCUT2D eigenvalue weighted by Crippen LogP contribution is -2.11. The third-order valence-corrected chi connectivity index (χ3v) is 10.1. The normalized spacial score (nSPS) is 11.5. The zero-order valence-electron chi connectivity index (χ0n) is 28.3. The van der Waals surface area contributed by atoms with E-state index in [2.05, 4.69) is 180 Å². The van der Waals surface area contributed by atoms with Crippen LogP contribution in [0.15, 0.2) is 199 Å². The number of benzene rings is 8. The second kappa shape index (κ2) is 12.4. The van der Waals surface area contributed by atoms with E-state index in [0.29, 0.717) is 0 Å². The van der Waals surface area contributed by atoms with Crippen molar-refractivity contribution in [3.05, 3.63) is 194 Å². The van der Waals surface area contributed by atoms with Gasteiger partial charge in [0.2, 0.25) is 0 Å². The van der Waals surface area contributed by atoms with E-state index in [9.17, 15) is 0 Å². The summed E-state index contributed by atoms with van der Waals surface area (Å²) in [5.74, 6) is 0. The van der Waals surface area contributed by atoms with Crippen molar-refractivity contribution in [1.29, 1.82) is 0 Å². The minimum absolute atomic E-state index is 0.826. The standard InChI is InChI=1S/C49H32N2O/c1-3-12-33(13-4-1)37-18-11-19-40(29-37)51(48-46-32-50-27-26-39(46)30-45-43-20-9-10-21-47(43)52-49(45)48)41-24-25-42(44(31-41)35-15-5-2-6-16-35)38-23-22-34-14-7-8-17-36(34)28-38/h1-32H. The number of hydrogen-bond donors (Lipinski definition) is 0. The maximum absolute atomic E-state index is 6.81. The Bertz CT molecular complexity index is 2910. The van der Waals surface area contributed by atoms with Crippen molar-refractivity contribution in [3.8, 4) is 33.4 Å². The van der Waals surface area contributed by atoms with Gasteiger partial charge in [-0.1, -0.05) is 133 Å². The third-order valence-electron chi connectivity index (χ3n) is 10.1. The molecular formula is C49H32N2O. The first kappa shape index (κ1) is 29.9. The predicted octanol–water partition coefficient (Wildman–Crippen LogP) is 13.8. The molecular weight excluding hydrogens is 633 g/mol. The SMILES string of the molecule is c1ccc(-c2cccc(N(c3ccc(-c4ccc5ccccc5c4)c(-c4ccccc4)c3)c3c4cnccc4cc4c3oc3ccccc34)c2)cc1. The van der Waals surface area contributed by atoms with E-state index in [1.165, 1.54) is 21.9 Å². The Hall–Kier alpha value is -6.97. The summed E-state index contributed by atoms with van der Waals surface area (Å²) in [6.07, 6.45) is 3.83. The van der Waals surface area contributed by atoms with Crippen LogP contribution >= 0.6 is 0 Å². The van der Waals surface area contributed by atoms with E-state index in [-0.39, 0.29) is 0 Å². The van der Waals surface area contributed by atoms with Gasteiger partial charge in [-0.2, -0.15) is 0 Å². The molecule has 52 heavy (non-hydrogen) atoms. The molecule has 0 saturated heterocycles. The molecule has 0 aliphatic carbocycles. The molecule has 0 N–H and O–H groups in total. The molecule has 0 amide bonds. The van der Waals surface area contributed by atoms with Gasteiger partial charge in [-0.15, -0.1) is 0 Å². The van der Waals surface area contributed by atoms with Crippen LogP contribution in [-0.2, 0) is 0 Å². The van der Waals surface area contributed by atoms with Crippen molar-refractivity contribution < 1.29 is 4.42 Å². The van der Waals surface area contributed by atoms with Gasteiger partial charge in [0.05, 0.1) is 5.69 Å². The van der Waals surface area contributed by atoms with E-state index in [1.807, 2.05) is 24.5 Å². The summed E-state index contributed by atoms with van der Waals surface area (Å²) >= 11 is 0. The first-order valence-corrected chi connectivity index (χ1v) is 17.6. The van der Waals surface area contributed by atoms with Crippen molar-refractivity contribution in [3.63, 3.8) is 0 Å². The molecule has 0 unspecified atom stereocenters. The highest BCUT2D eigenvalue weighted by Crippen LogP contribution is 2.48. The molecule has 0 aliphatic heterocycles. The summed E-state index contributed by atoms with van der Waals surface area (Å²) in [5, 5.41) is 6.73. The smallest absolute Gasteiger partial charge is 0.160 e. The van der Waals surface area contributed by atoms with Gasteiger partial charge in [-0.25, -0.2) is 0 Å². The van der Waals surface area contributed by atoms with Crippen LogP contribution < -0.4 is 4.90 Å². The van der Waals surface area contributed by atoms with Crippen LogP contribution in [0.4, 0.5) is 17.1 Å². The van der Waals surface area contributed by atoms with E-state index >= 15 is 0 Å². The number of anilines is 3. The third kappa shape index (κ3) is 5.10. The van der Waals surface area contributed by atoms with Crippen molar-refractivity contribution in [2.75, 3.05) is 4.90 Å². The minimum Gasteiger partial charge on any atom is -0.454 e. The fraction of sp³-hybridized carbons (Fsp3) is 0. The van der Waals surface area contributed by atoms with Crippen LogP contribution in [0.1, 0.15) is 0 Å². The molecule has 8 aromatic carbocycles. The second-order valence-corrected chi connectivity index (χ2v) is 13.2. The number of aromatic nitrogens is 1. The number of pyridine rings is 1. The molecule has 0 aliphatic rings. The van der Waals surface area contributed by atoms with Gasteiger partial charge in [0, 0.05) is 39.9 Å². The van der Waals surface area contributed by atoms with Crippen molar-refractivity contribution in [2.45, 2.75) is 0 Å². The number of nitrogens with zero attached hydrogens (tertiary/aromatic N) is 2. The zero-order chi connectivity index (χ0) is 34.4. The summed E-state index contributed by atoms with van der Waals surface area (Å²) in [5.41, 5.74) is 11.6. The molecule has 0 fully saturated rings. The molecule has 2 aromatic heterocycles. The Morgan fingerprint density at radius 2 is 1.13 bits per heavy atom. The predicted molar refractivity (Wildman–Crippen MR) is 218 cm³/mol. The van der Waals surface area contributed by atoms with Gasteiger partial charge in [0.25, 0.3) is 0 Å². The van der Waals surface area contributed by atoms with Crippen LogP contribution in [0.3, 0.4) is 0 Å². The van der Waals surface area contributed by atoms with Crippen LogP contribution in [0, 0.1) is 0 Å². The Kier molecular flexibility index (Phi) is 7.14. The maximum Gasteiger partial charge on any atom is 0.160 e. The highest BCUT2D eigenvalue weighted by Gasteiger charge is 2.24. The van der Waals surface area contributed by atoms with Crippen LogP contribution in [0.25, 0.3) is 76.9 Å². The first-order chi connectivity index (χ1) is 25.8. The lowest BCUT2D eigenvalue weighted by molar-refractivity contribution is 0.669. The lowest BCUT2D eigenvalue weighted by atomic mass is 9.92. The van der Waals surface area contributed by atoms with Crippen molar-refractivity contribution >= 4 is 60.5 Å². The maximum atomic E-state index is 6.81. The molecule has 244 valence electrons. The number of fused-ring (bicyclic) bond motifs is 5. The average Bonchev–Trinajstić information content (AvgIpc) is 3.59. The molecule has 0 atom stereocenters. The summed E-state index contributed by atoms with van der Waals surface area (Å²) in [7, 11) is 0. The molecule has 0 radical (unpaired) electrons. The largest absolute Gasteiger partial charge is 0.454 e. The van der Waals surface area contributed by atoms with Gasteiger partial charge in [-0.05, 0) is 98.1 Å². The van der Waals surface area contributed by atoms with Crippen LogP contribution in [0.5, 0.6) is 0 Å². The Morgan fingerprint density at radius 3 is 2.00 bits per heavy atom. The summed E-state index contributed by atoms with van der Waals surface area (Å²) in [6, 6.07) is 64.8. The Morgan fingerprint density at radius 1 is 0.404 bits per heavy atom. The number of furan rings is 1. The fourth-order valence-electron chi connectivity index (χ4n) is 7.61. The van der Waals surface area contributed by atoms with E-state index in [1.54, 1.807) is 0 Å². The second-order valence-electron chi connectivity index (χ2n) is 13.2. The molecule has 10 rings (SSSR count). The highest BCUT2D eigenvalue weighted by molar-refractivity contribution is 6.19. The summed E-state index contributed by atoms with van der Waals surface area (Å²) in [4.78, 5) is 7.00. The average molecular weight is 665 g/mol. The minimum atomic E-state index is 0.826. The number of para-hydroxylation sites is 1. The van der Waals surface area contributed by atoms with Gasteiger partial charge in [0.1, 0.15) is 5.58 Å². The molecule has 0 saturated carbocycles. The van der Waals surface area contributed by atoms with Gasteiger partial charge >= 0.3 is 0 Å². The highest BCUT2D eigenvalue weighted by atomic mass is 16.3. The molecule has 3 nitrogen and oxygen atoms in total. The van der Waals surface area contributed by atoms with Gasteiger partial charge < -0.3 is 9.32 Å². The topological polar surface area (TPSA) is 29.3 Å². The molecule has 0 spiro atoms.